The van der Waals surface area contributed by atoms with Gasteiger partial charge in [-0.3, -0.25) is 0 Å². The molecule has 0 spiro atoms. The Bertz CT molecular complexity index is 497. The topological polar surface area (TPSA) is 3.88 Å². The quantitative estimate of drug-likeness (QED) is 0.0932. The van der Waals surface area contributed by atoms with Crippen molar-refractivity contribution in [1.29, 1.82) is 0 Å². The third kappa shape index (κ3) is 19.5. The van der Waals surface area contributed by atoms with Crippen LogP contribution in [0.25, 0.3) is 0 Å². The monoisotopic (exact) mass is 472 g/mol. The first-order valence-corrected chi connectivity index (χ1v) is 15.8. The molecule has 34 heavy (non-hydrogen) atoms. The van der Waals surface area contributed by atoms with Crippen LogP contribution in [-0.2, 0) is 0 Å². The molecule has 0 N–H and O–H groups in total. The third-order valence-electron chi connectivity index (χ3n) is 7.69. The van der Waals surface area contributed by atoms with Crippen molar-refractivity contribution in [2.45, 2.75) is 180 Å². The van der Waals surface area contributed by atoms with Crippen LogP contribution in [0.1, 0.15) is 180 Å². The molecular weight excluding hydrogens is 410 g/mol. The summed E-state index contributed by atoms with van der Waals surface area (Å²) >= 11 is 0. The summed E-state index contributed by atoms with van der Waals surface area (Å²) in [5.41, 5.74) is 0. The summed E-state index contributed by atoms with van der Waals surface area (Å²) in [7, 11) is 0. The summed E-state index contributed by atoms with van der Waals surface area (Å²) in [5.74, 6) is 0. The first-order chi connectivity index (χ1) is 16.9. The molecule has 1 heterocycles. The Balaban J connectivity index is 2.04. The van der Waals surface area contributed by atoms with Crippen LogP contribution >= 0.6 is 0 Å². The minimum atomic E-state index is 0.711. The molecule has 1 aromatic rings. The van der Waals surface area contributed by atoms with E-state index in [1.165, 1.54) is 161 Å². The van der Waals surface area contributed by atoms with Crippen LogP contribution in [0.3, 0.4) is 0 Å². The Morgan fingerprint density at radius 2 is 0.676 bits per heavy atom. The molecule has 0 fully saturated rings. The fourth-order valence-electron chi connectivity index (χ4n) is 5.36. The molecule has 0 saturated carbocycles. The van der Waals surface area contributed by atoms with E-state index in [1.54, 1.807) is 0 Å². The zero-order chi connectivity index (χ0) is 24.4. The molecule has 1 aromatic heterocycles. The van der Waals surface area contributed by atoms with Gasteiger partial charge in [-0.1, -0.05) is 155 Å². The smallest absolute Gasteiger partial charge is 0.169 e. The van der Waals surface area contributed by atoms with Gasteiger partial charge in [-0.2, -0.15) is 0 Å². The van der Waals surface area contributed by atoms with E-state index in [0.29, 0.717) is 6.04 Å². The van der Waals surface area contributed by atoms with Crippen LogP contribution in [0.4, 0.5) is 0 Å². The Morgan fingerprint density at radius 3 is 1.00 bits per heavy atom. The molecule has 0 aliphatic carbocycles. The highest BCUT2D eigenvalue weighted by molar-refractivity contribution is 4.84. The van der Waals surface area contributed by atoms with Crippen molar-refractivity contribution >= 4 is 0 Å². The van der Waals surface area contributed by atoms with Gasteiger partial charge in [-0.25, -0.2) is 4.57 Å². The van der Waals surface area contributed by atoms with Gasteiger partial charge in [-0.05, 0) is 12.8 Å². The van der Waals surface area contributed by atoms with E-state index < -0.39 is 0 Å². The second kappa shape index (κ2) is 25.2. The number of pyridine rings is 1. The summed E-state index contributed by atoms with van der Waals surface area (Å²) < 4.78 is 2.49. The summed E-state index contributed by atoms with van der Waals surface area (Å²) in [4.78, 5) is 0. The van der Waals surface area contributed by atoms with E-state index in [9.17, 15) is 0 Å². The van der Waals surface area contributed by atoms with Crippen LogP contribution in [0.5, 0.6) is 0 Å². The van der Waals surface area contributed by atoms with E-state index in [-0.39, 0.29) is 0 Å². The zero-order valence-corrected chi connectivity index (χ0v) is 23.6. The van der Waals surface area contributed by atoms with Gasteiger partial charge in [0.05, 0.1) is 0 Å². The van der Waals surface area contributed by atoms with Gasteiger partial charge in [0.2, 0.25) is 0 Å². The van der Waals surface area contributed by atoms with Crippen LogP contribution in [0.15, 0.2) is 30.6 Å². The Kier molecular flexibility index (Phi) is 23.2. The Labute approximate surface area is 215 Å². The highest BCUT2D eigenvalue weighted by Gasteiger charge is 2.16. The summed E-state index contributed by atoms with van der Waals surface area (Å²) in [5, 5.41) is 0. The summed E-state index contributed by atoms with van der Waals surface area (Å²) in [6.07, 6.45) is 40.5. The lowest BCUT2D eigenvalue weighted by Crippen LogP contribution is -2.38. The minimum absolute atomic E-state index is 0.711. The molecule has 1 nitrogen and oxygen atoms in total. The number of unbranched alkanes of at least 4 members (excludes halogenated alkanes) is 21. The lowest BCUT2D eigenvalue weighted by molar-refractivity contribution is -0.724. The zero-order valence-electron chi connectivity index (χ0n) is 23.6. The predicted octanol–water partition coefficient (Wildman–Crippen LogP) is 11.3. The maximum atomic E-state index is 2.49. The molecule has 0 saturated heterocycles. The summed E-state index contributed by atoms with van der Waals surface area (Å²) in [6, 6.07) is 7.27. The van der Waals surface area contributed by atoms with Gasteiger partial charge >= 0.3 is 0 Å². The molecule has 1 rings (SSSR count). The maximum Gasteiger partial charge on any atom is 0.169 e. The van der Waals surface area contributed by atoms with Crippen LogP contribution in [0, 0.1) is 0 Å². The average molecular weight is 473 g/mol. The van der Waals surface area contributed by atoms with Crippen molar-refractivity contribution in [3.05, 3.63) is 30.6 Å². The van der Waals surface area contributed by atoms with E-state index >= 15 is 0 Å². The van der Waals surface area contributed by atoms with Gasteiger partial charge < -0.3 is 0 Å². The van der Waals surface area contributed by atoms with Gasteiger partial charge in [0.15, 0.2) is 18.4 Å². The molecule has 1 heteroatoms. The van der Waals surface area contributed by atoms with E-state index in [1.807, 2.05) is 0 Å². The molecule has 0 aliphatic rings. The fraction of sp³-hybridized carbons (Fsp3) is 0.848. The first kappa shape index (κ1) is 31.2. The van der Waals surface area contributed by atoms with Crippen molar-refractivity contribution in [2.75, 3.05) is 0 Å². The molecule has 0 radical (unpaired) electrons. The molecule has 198 valence electrons. The third-order valence-corrected chi connectivity index (χ3v) is 7.69. The number of aromatic nitrogens is 1. The lowest BCUT2D eigenvalue weighted by Gasteiger charge is -2.13. The number of rotatable bonds is 26. The SMILES string of the molecule is CCCCCCCCCCCCCCCC(CCCCCCCCCCCC)[n+]1ccccc1. The van der Waals surface area contributed by atoms with Crippen molar-refractivity contribution in [3.63, 3.8) is 0 Å². The fourth-order valence-corrected chi connectivity index (χ4v) is 5.36. The van der Waals surface area contributed by atoms with Crippen molar-refractivity contribution < 1.29 is 4.57 Å². The standard InChI is InChI=1S/C33H62N/c1-3-5-7-9-11-13-15-16-17-19-21-23-26-30-33(34-31-27-24-28-32-34)29-25-22-20-18-14-12-10-8-6-4-2/h24,27-28,31-33H,3-23,25-26,29-30H2,1-2H3/q+1. The summed E-state index contributed by atoms with van der Waals surface area (Å²) in [6.45, 7) is 4.61. The van der Waals surface area contributed by atoms with E-state index in [0.717, 1.165) is 0 Å². The molecule has 0 amide bonds. The molecule has 0 aliphatic heterocycles. The first-order valence-electron chi connectivity index (χ1n) is 15.8. The van der Waals surface area contributed by atoms with Crippen LogP contribution in [-0.4, -0.2) is 0 Å². The van der Waals surface area contributed by atoms with Gasteiger partial charge in [-0.15, -0.1) is 0 Å². The Hall–Kier alpha value is -0.850. The number of hydrogen-bond donors (Lipinski definition) is 0. The molecule has 1 atom stereocenters. The molecule has 0 aromatic carbocycles. The largest absolute Gasteiger partial charge is 0.202 e. The van der Waals surface area contributed by atoms with Crippen molar-refractivity contribution in [2.24, 2.45) is 0 Å². The number of hydrogen-bond acceptors (Lipinski definition) is 0. The normalized spacial score (nSPS) is 12.3. The molecule has 1 unspecified atom stereocenters. The second-order valence-electron chi connectivity index (χ2n) is 11.0. The van der Waals surface area contributed by atoms with Gasteiger partial charge in [0.25, 0.3) is 0 Å². The number of nitrogens with zero attached hydrogens (tertiary/aromatic N) is 1. The minimum Gasteiger partial charge on any atom is -0.202 e. The maximum absolute atomic E-state index is 2.49. The van der Waals surface area contributed by atoms with Gasteiger partial charge in [0, 0.05) is 25.0 Å². The lowest BCUT2D eigenvalue weighted by atomic mass is 9.99. The Morgan fingerprint density at radius 1 is 0.382 bits per heavy atom. The van der Waals surface area contributed by atoms with Gasteiger partial charge in [0.1, 0.15) is 0 Å². The van der Waals surface area contributed by atoms with Crippen molar-refractivity contribution in [1.82, 2.24) is 0 Å². The highest BCUT2D eigenvalue weighted by atomic mass is 15.0. The van der Waals surface area contributed by atoms with E-state index in [4.69, 9.17) is 0 Å². The molecule has 0 bridgehead atoms. The van der Waals surface area contributed by atoms with Crippen LogP contribution in [0.2, 0.25) is 0 Å². The second-order valence-corrected chi connectivity index (χ2v) is 11.0. The highest BCUT2D eigenvalue weighted by Crippen LogP contribution is 2.20. The average Bonchev–Trinajstić information content (AvgIpc) is 2.87. The van der Waals surface area contributed by atoms with Crippen molar-refractivity contribution in [3.8, 4) is 0 Å². The predicted molar refractivity (Wildman–Crippen MR) is 152 cm³/mol. The van der Waals surface area contributed by atoms with Crippen LogP contribution < -0.4 is 4.57 Å². The van der Waals surface area contributed by atoms with E-state index in [2.05, 4.69) is 49.0 Å². The molecular formula is C33H62N+.